The average Bonchev–Trinajstić information content (AvgIpc) is 3.34. The fourth-order valence-electron chi connectivity index (χ4n) is 3.34. The van der Waals surface area contributed by atoms with Gasteiger partial charge in [0, 0.05) is 31.6 Å². The van der Waals surface area contributed by atoms with E-state index in [0.29, 0.717) is 25.0 Å². The fourth-order valence-corrected chi connectivity index (χ4v) is 5.64. The molecule has 0 amide bonds. The number of rotatable bonds is 8. The minimum Gasteiger partial charge on any atom is -0.356 e. The largest absolute Gasteiger partial charge is 0.356 e. The van der Waals surface area contributed by atoms with Crippen molar-refractivity contribution < 1.29 is 8.42 Å². The van der Waals surface area contributed by atoms with Crippen LogP contribution in [0.2, 0.25) is 0 Å². The Bertz CT molecular complexity index is 901. The third-order valence-corrected chi connectivity index (χ3v) is 7.47. The Morgan fingerprint density at radius 3 is 2.76 bits per heavy atom. The van der Waals surface area contributed by atoms with Crippen molar-refractivity contribution in [2.75, 3.05) is 36.7 Å². The van der Waals surface area contributed by atoms with Crippen molar-refractivity contribution in [1.82, 2.24) is 10.6 Å². The summed E-state index contributed by atoms with van der Waals surface area (Å²) >= 11 is 1.77. The van der Waals surface area contributed by atoms with Gasteiger partial charge < -0.3 is 10.6 Å². The van der Waals surface area contributed by atoms with E-state index in [1.54, 1.807) is 18.4 Å². The van der Waals surface area contributed by atoms with Crippen LogP contribution in [0.3, 0.4) is 0 Å². The second-order valence-corrected chi connectivity index (χ2v) is 10.1. The summed E-state index contributed by atoms with van der Waals surface area (Å²) in [6.45, 7) is 3.81. The van der Waals surface area contributed by atoms with Crippen LogP contribution in [-0.2, 0) is 22.9 Å². The molecule has 1 aliphatic rings. The molecule has 2 aromatic rings. The molecule has 0 saturated heterocycles. The molecular weight excluding hydrogens is 519 g/mol. The molecule has 0 saturated carbocycles. The monoisotopic (exact) mass is 548 g/mol. The molecule has 2 heterocycles. The van der Waals surface area contributed by atoms with Crippen molar-refractivity contribution in [2.24, 2.45) is 10.9 Å². The van der Waals surface area contributed by atoms with Gasteiger partial charge in [-0.2, -0.15) is 0 Å². The Hall–Kier alpha value is -1.33. The second-order valence-electron chi connectivity index (χ2n) is 7.04. The van der Waals surface area contributed by atoms with Crippen LogP contribution in [0.15, 0.2) is 46.8 Å². The van der Waals surface area contributed by atoms with Crippen LogP contribution < -0.4 is 14.9 Å². The molecule has 3 rings (SSSR count). The molecule has 6 nitrogen and oxygen atoms in total. The van der Waals surface area contributed by atoms with E-state index in [-0.39, 0.29) is 29.7 Å². The van der Waals surface area contributed by atoms with E-state index in [4.69, 9.17) is 0 Å². The second kappa shape index (κ2) is 11.2. The lowest BCUT2D eigenvalue weighted by molar-refractivity contribution is 0.562. The Morgan fingerprint density at radius 1 is 1.24 bits per heavy atom. The van der Waals surface area contributed by atoms with Gasteiger partial charge in [-0.15, -0.1) is 35.3 Å². The van der Waals surface area contributed by atoms with E-state index < -0.39 is 10.0 Å². The number of nitrogens with zero attached hydrogens (tertiary/aromatic N) is 2. The van der Waals surface area contributed by atoms with E-state index in [9.17, 15) is 8.42 Å². The summed E-state index contributed by atoms with van der Waals surface area (Å²) in [6.07, 6.45) is 1.79. The van der Waals surface area contributed by atoms with E-state index >= 15 is 0 Å². The summed E-state index contributed by atoms with van der Waals surface area (Å²) in [6, 6.07) is 11.9. The SMILES string of the molecule is CN=C(NCCS(=O)(=O)N1CCc2ccccc21)NCC(C)Cc1cccs1.I. The number of hydrogen-bond acceptors (Lipinski definition) is 4. The van der Waals surface area contributed by atoms with Gasteiger partial charge >= 0.3 is 0 Å². The molecule has 0 radical (unpaired) electrons. The molecule has 160 valence electrons. The van der Waals surface area contributed by atoms with Crippen molar-refractivity contribution in [1.29, 1.82) is 0 Å². The summed E-state index contributed by atoms with van der Waals surface area (Å²) in [4.78, 5) is 5.57. The number of thiophene rings is 1. The van der Waals surface area contributed by atoms with E-state index in [1.165, 1.54) is 9.18 Å². The zero-order valence-electron chi connectivity index (χ0n) is 16.8. The van der Waals surface area contributed by atoms with Gasteiger partial charge in [0.25, 0.3) is 0 Å². The first kappa shape index (κ1) is 23.9. The van der Waals surface area contributed by atoms with Crippen molar-refractivity contribution in [3.8, 4) is 0 Å². The number of sulfonamides is 1. The van der Waals surface area contributed by atoms with E-state index in [2.05, 4.69) is 40.1 Å². The maximum Gasteiger partial charge on any atom is 0.236 e. The van der Waals surface area contributed by atoms with Gasteiger partial charge in [-0.1, -0.05) is 31.2 Å². The first-order valence-electron chi connectivity index (χ1n) is 9.55. The predicted octanol–water partition coefficient (Wildman–Crippen LogP) is 3.10. The van der Waals surface area contributed by atoms with Crippen LogP contribution in [0.4, 0.5) is 5.69 Å². The summed E-state index contributed by atoms with van der Waals surface area (Å²) in [5.74, 6) is 1.13. The average molecular weight is 549 g/mol. The number of halogens is 1. The highest BCUT2D eigenvalue weighted by Crippen LogP contribution is 2.29. The maximum atomic E-state index is 12.7. The summed E-state index contributed by atoms with van der Waals surface area (Å²) in [7, 11) is -1.65. The maximum absolute atomic E-state index is 12.7. The number of benzene rings is 1. The van der Waals surface area contributed by atoms with Gasteiger partial charge in [-0.25, -0.2) is 8.42 Å². The van der Waals surface area contributed by atoms with Gasteiger partial charge in [-0.3, -0.25) is 9.30 Å². The molecule has 29 heavy (non-hydrogen) atoms. The van der Waals surface area contributed by atoms with Gasteiger partial charge in [0.1, 0.15) is 0 Å². The third kappa shape index (κ3) is 6.58. The van der Waals surface area contributed by atoms with Crippen molar-refractivity contribution in [3.63, 3.8) is 0 Å². The topological polar surface area (TPSA) is 73.8 Å². The van der Waals surface area contributed by atoms with Crippen molar-refractivity contribution >= 4 is 57.0 Å². The molecule has 1 aliphatic heterocycles. The quantitative estimate of drug-likeness (QED) is 0.302. The lowest BCUT2D eigenvalue weighted by Crippen LogP contribution is -2.43. The molecule has 1 unspecified atom stereocenters. The molecule has 1 atom stereocenters. The number of aliphatic imine (C=N–C) groups is 1. The molecule has 2 N–H and O–H groups in total. The molecule has 0 bridgehead atoms. The minimum absolute atomic E-state index is 0. The smallest absolute Gasteiger partial charge is 0.236 e. The Labute approximate surface area is 194 Å². The highest BCUT2D eigenvalue weighted by atomic mass is 127. The Morgan fingerprint density at radius 2 is 2.03 bits per heavy atom. The number of guanidine groups is 1. The first-order chi connectivity index (χ1) is 13.5. The van der Waals surface area contributed by atoms with E-state index in [1.807, 2.05) is 24.3 Å². The fraction of sp³-hybridized carbons (Fsp3) is 0.450. The summed E-state index contributed by atoms with van der Waals surface area (Å²) < 4.78 is 27.0. The molecular formula is C20H29IN4O2S2. The van der Waals surface area contributed by atoms with Gasteiger partial charge in [0.15, 0.2) is 5.96 Å². The van der Waals surface area contributed by atoms with Gasteiger partial charge in [0.2, 0.25) is 10.0 Å². The van der Waals surface area contributed by atoms with E-state index in [0.717, 1.165) is 30.6 Å². The van der Waals surface area contributed by atoms with Crippen LogP contribution in [0, 0.1) is 5.92 Å². The van der Waals surface area contributed by atoms with Crippen LogP contribution in [0.1, 0.15) is 17.4 Å². The molecule has 1 aromatic heterocycles. The van der Waals surface area contributed by atoms with Crippen LogP contribution in [0.5, 0.6) is 0 Å². The zero-order valence-corrected chi connectivity index (χ0v) is 20.8. The molecule has 0 fully saturated rings. The lowest BCUT2D eigenvalue weighted by Gasteiger charge is -2.20. The van der Waals surface area contributed by atoms with Crippen LogP contribution in [0.25, 0.3) is 0 Å². The highest BCUT2D eigenvalue weighted by Gasteiger charge is 2.28. The third-order valence-electron chi connectivity index (χ3n) is 4.80. The minimum atomic E-state index is -3.35. The Kier molecular flexibility index (Phi) is 9.22. The van der Waals surface area contributed by atoms with Crippen molar-refractivity contribution in [2.45, 2.75) is 19.8 Å². The highest BCUT2D eigenvalue weighted by molar-refractivity contribution is 14.0. The van der Waals surface area contributed by atoms with Gasteiger partial charge in [-0.05, 0) is 41.8 Å². The predicted molar refractivity (Wildman–Crippen MR) is 133 cm³/mol. The zero-order chi connectivity index (χ0) is 20.0. The van der Waals surface area contributed by atoms with Crippen LogP contribution in [-0.4, -0.2) is 46.8 Å². The van der Waals surface area contributed by atoms with Crippen molar-refractivity contribution in [3.05, 3.63) is 52.2 Å². The van der Waals surface area contributed by atoms with Gasteiger partial charge in [0.05, 0.1) is 11.4 Å². The Balaban J connectivity index is 0.00000300. The normalized spacial score (nSPS) is 14.8. The summed E-state index contributed by atoms with van der Waals surface area (Å²) in [5.41, 5.74) is 1.91. The van der Waals surface area contributed by atoms with Crippen LogP contribution >= 0.6 is 35.3 Å². The molecule has 1 aromatic carbocycles. The molecule has 0 aliphatic carbocycles. The first-order valence-corrected chi connectivity index (χ1v) is 12.0. The molecule has 0 spiro atoms. The standard InChI is InChI=1S/C20H28N4O2S2.HI/c1-16(14-18-7-5-12-27-18)15-23-20(21-2)22-10-13-28(25,26)24-11-9-17-6-3-4-8-19(17)24;/h3-8,12,16H,9-11,13-15H2,1-2H3,(H2,21,22,23);1H. The number of hydrogen-bond donors (Lipinski definition) is 2. The summed E-state index contributed by atoms with van der Waals surface area (Å²) in [5, 5.41) is 8.50. The molecule has 9 heteroatoms. The lowest BCUT2D eigenvalue weighted by atomic mass is 10.1. The number of anilines is 1. The number of para-hydroxylation sites is 1. The number of fused-ring (bicyclic) bond motifs is 1. The number of nitrogens with one attached hydrogen (secondary N) is 2.